The number of hydrogen-bond donors (Lipinski definition) is 0. The minimum absolute atomic E-state index is 1.01. The minimum atomic E-state index is 1.01. The molecule has 0 aliphatic heterocycles. The number of allylic oxidation sites excluding steroid dienone is 2. The summed E-state index contributed by atoms with van der Waals surface area (Å²) in [5, 5.41) is 0. The summed E-state index contributed by atoms with van der Waals surface area (Å²) < 4.78 is 0. The smallest absolute Gasteiger partial charge is 0.0194 e. The first-order valence-corrected chi connectivity index (χ1v) is 10.4. The van der Waals surface area contributed by atoms with E-state index >= 15 is 0 Å². The summed E-state index contributed by atoms with van der Waals surface area (Å²) in [7, 11) is 0. The van der Waals surface area contributed by atoms with Gasteiger partial charge in [-0.2, -0.15) is 0 Å². The van der Waals surface area contributed by atoms with Gasteiger partial charge in [-0.05, 0) is 109 Å². The highest BCUT2D eigenvalue weighted by Crippen LogP contribution is 2.79. The maximum Gasteiger partial charge on any atom is -0.0194 e. The average molecular weight is 294 g/mol. The van der Waals surface area contributed by atoms with Gasteiger partial charge >= 0.3 is 0 Å². The Hall–Kier alpha value is -0.260. The van der Waals surface area contributed by atoms with Gasteiger partial charge in [0.1, 0.15) is 0 Å². The van der Waals surface area contributed by atoms with Gasteiger partial charge in [0.2, 0.25) is 0 Å². The molecule has 7 aliphatic carbocycles. The quantitative estimate of drug-likeness (QED) is 0.442. The first kappa shape index (κ1) is 12.2. The van der Waals surface area contributed by atoms with E-state index in [1.54, 1.807) is 25.7 Å². The van der Waals surface area contributed by atoms with Crippen molar-refractivity contribution in [1.82, 2.24) is 0 Å². The van der Waals surface area contributed by atoms with Gasteiger partial charge in [0.15, 0.2) is 0 Å². The maximum atomic E-state index is 2.69. The molecule has 7 rings (SSSR count). The molecule has 0 amide bonds. The number of fused-ring (bicyclic) bond motifs is 18. The van der Waals surface area contributed by atoms with Crippen LogP contribution in [0.5, 0.6) is 0 Å². The Morgan fingerprint density at radius 2 is 1.23 bits per heavy atom. The van der Waals surface area contributed by atoms with Crippen molar-refractivity contribution in [2.75, 3.05) is 0 Å². The van der Waals surface area contributed by atoms with E-state index in [1.165, 1.54) is 11.8 Å². The first-order valence-electron chi connectivity index (χ1n) is 10.4. The molecular weight excluding hydrogens is 264 g/mol. The van der Waals surface area contributed by atoms with Crippen molar-refractivity contribution in [3.63, 3.8) is 0 Å². The molecule has 22 heavy (non-hydrogen) atoms. The van der Waals surface area contributed by atoms with Crippen LogP contribution in [0.2, 0.25) is 0 Å². The summed E-state index contributed by atoms with van der Waals surface area (Å²) in [5.41, 5.74) is 0. The zero-order valence-corrected chi connectivity index (χ0v) is 14.1. The highest BCUT2D eigenvalue weighted by molar-refractivity contribution is 5.25. The van der Waals surface area contributed by atoms with Crippen LogP contribution < -0.4 is 0 Å². The molecular formula is C22H30. The fourth-order valence-electron chi connectivity index (χ4n) is 10.8. The molecule has 0 heteroatoms. The van der Waals surface area contributed by atoms with E-state index in [-0.39, 0.29) is 0 Å². The Morgan fingerprint density at radius 3 is 2.05 bits per heavy atom. The molecule has 0 aromatic rings. The molecule has 0 heterocycles. The summed E-state index contributed by atoms with van der Waals surface area (Å²) in [6.45, 7) is 5.32. The van der Waals surface area contributed by atoms with Crippen LogP contribution in [0, 0.1) is 82.9 Å². The van der Waals surface area contributed by atoms with Crippen LogP contribution in [0.1, 0.15) is 39.5 Å². The predicted molar refractivity (Wildman–Crippen MR) is 87.8 cm³/mol. The van der Waals surface area contributed by atoms with Crippen molar-refractivity contribution in [2.24, 2.45) is 82.9 Å². The van der Waals surface area contributed by atoms with Gasteiger partial charge in [0, 0.05) is 0 Å². The van der Waals surface area contributed by atoms with Crippen molar-refractivity contribution in [1.29, 1.82) is 0 Å². The molecule has 13 unspecified atom stereocenters. The maximum absolute atomic E-state index is 2.69. The number of rotatable bonds is 0. The standard InChI is InChI=1S/C22H30/c1-9-13-5-6-14(9)21-18-10(2)17(20(13)21)16-8-15-11-3-4-12(7-11)19(15)22(16)18/h3-4,9-22H,5-8H2,1-2H3/t9?,10?,11?,12?,13?,14?,15?,16?,17-,18?,19?,20?,21?,22?/m1/s1. The van der Waals surface area contributed by atoms with Crippen LogP contribution in [0.3, 0.4) is 0 Å². The molecule has 0 saturated heterocycles. The topological polar surface area (TPSA) is 0 Å². The summed E-state index contributed by atoms with van der Waals surface area (Å²) in [4.78, 5) is 0. The third-order valence-corrected chi connectivity index (χ3v) is 10.8. The van der Waals surface area contributed by atoms with E-state index in [0.29, 0.717) is 0 Å². The summed E-state index contributed by atoms with van der Waals surface area (Å²) in [6, 6.07) is 0. The van der Waals surface area contributed by atoms with Crippen LogP contribution in [0.4, 0.5) is 0 Å². The van der Waals surface area contributed by atoms with Crippen LogP contribution in [0.25, 0.3) is 0 Å². The van der Waals surface area contributed by atoms with Crippen LogP contribution in [0.15, 0.2) is 12.2 Å². The second-order valence-electron chi connectivity index (χ2n) is 10.6. The SMILES string of the molecule is CC1C2CCC1C1C2C2C3C4C5C=CC(C5)C4CC3[C@H]1C2C. The third-order valence-electron chi connectivity index (χ3n) is 10.8. The monoisotopic (exact) mass is 294 g/mol. The van der Waals surface area contributed by atoms with Crippen LogP contribution >= 0.6 is 0 Å². The molecule has 6 fully saturated rings. The van der Waals surface area contributed by atoms with Gasteiger partial charge in [-0.25, -0.2) is 0 Å². The fourth-order valence-corrected chi connectivity index (χ4v) is 10.8. The highest BCUT2D eigenvalue weighted by atomic mass is 14.8. The molecule has 6 saturated carbocycles. The largest absolute Gasteiger partial charge is 0.0848 e. The fraction of sp³-hybridized carbons (Fsp3) is 0.909. The van der Waals surface area contributed by atoms with Crippen molar-refractivity contribution in [2.45, 2.75) is 39.5 Å². The zero-order valence-electron chi connectivity index (χ0n) is 14.1. The summed E-state index contributed by atoms with van der Waals surface area (Å²) in [6.07, 6.45) is 11.6. The van der Waals surface area contributed by atoms with E-state index in [0.717, 1.165) is 71.0 Å². The first-order chi connectivity index (χ1) is 10.8. The van der Waals surface area contributed by atoms with Crippen molar-refractivity contribution < 1.29 is 0 Å². The van der Waals surface area contributed by atoms with E-state index < -0.39 is 0 Å². The van der Waals surface area contributed by atoms with Gasteiger partial charge < -0.3 is 0 Å². The average Bonchev–Trinajstić information content (AvgIpc) is 3.29. The van der Waals surface area contributed by atoms with E-state index in [9.17, 15) is 0 Å². The molecule has 0 nitrogen and oxygen atoms in total. The Balaban J connectivity index is 1.34. The lowest BCUT2D eigenvalue weighted by Gasteiger charge is -2.43. The third kappa shape index (κ3) is 1.04. The second kappa shape index (κ2) is 3.55. The molecule has 0 aromatic carbocycles. The Kier molecular flexibility index (Phi) is 1.96. The van der Waals surface area contributed by atoms with Crippen LogP contribution in [-0.4, -0.2) is 0 Å². The molecule has 6 bridgehead atoms. The Labute approximate surface area is 135 Å². The van der Waals surface area contributed by atoms with Crippen molar-refractivity contribution in [3.05, 3.63) is 12.2 Å². The van der Waals surface area contributed by atoms with Crippen molar-refractivity contribution >= 4 is 0 Å². The lowest BCUT2D eigenvalue weighted by Crippen LogP contribution is -2.38. The Morgan fingerprint density at radius 1 is 0.545 bits per heavy atom. The van der Waals surface area contributed by atoms with Crippen LogP contribution in [-0.2, 0) is 0 Å². The summed E-state index contributed by atoms with van der Waals surface area (Å²) >= 11 is 0. The second-order valence-corrected chi connectivity index (χ2v) is 10.6. The zero-order chi connectivity index (χ0) is 14.3. The van der Waals surface area contributed by atoms with Gasteiger partial charge in [-0.3, -0.25) is 0 Å². The van der Waals surface area contributed by atoms with Gasteiger partial charge in [-0.15, -0.1) is 0 Å². The minimum Gasteiger partial charge on any atom is -0.0848 e. The molecule has 0 N–H and O–H groups in total. The Bertz CT molecular complexity index is 575. The molecule has 0 spiro atoms. The normalized spacial score (nSPS) is 74.8. The lowest BCUT2D eigenvalue weighted by atomic mass is 9.62. The molecule has 7 aliphatic rings. The van der Waals surface area contributed by atoms with Gasteiger partial charge in [0.25, 0.3) is 0 Å². The highest BCUT2D eigenvalue weighted by Gasteiger charge is 2.74. The van der Waals surface area contributed by atoms with E-state index in [4.69, 9.17) is 0 Å². The molecule has 14 atom stereocenters. The van der Waals surface area contributed by atoms with E-state index in [1.807, 2.05) is 0 Å². The molecule has 0 aromatic heterocycles. The van der Waals surface area contributed by atoms with Gasteiger partial charge in [-0.1, -0.05) is 26.0 Å². The van der Waals surface area contributed by atoms with E-state index in [2.05, 4.69) is 26.0 Å². The molecule has 0 radical (unpaired) electrons. The lowest BCUT2D eigenvalue weighted by molar-refractivity contribution is 0.0486. The van der Waals surface area contributed by atoms with Gasteiger partial charge in [0.05, 0.1) is 0 Å². The molecule has 118 valence electrons. The van der Waals surface area contributed by atoms with Crippen molar-refractivity contribution in [3.8, 4) is 0 Å². The summed E-state index contributed by atoms with van der Waals surface area (Å²) in [5.74, 6) is 15.7. The number of hydrogen-bond acceptors (Lipinski definition) is 0. The predicted octanol–water partition coefficient (Wildman–Crippen LogP) is 4.86.